The van der Waals surface area contributed by atoms with Crippen LogP contribution in [0, 0.1) is 13.8 Å². The molecule has 0 bridgehead atoms. The van der Waals surface area contributed by atoms with Gasteiger partial charge in [-0.05, 0) is 79.6 Å². The van der Waals surface area contributed by atoms with E-state index in [1.807, 2.05) is 19.9 Å². The van der Waals surface area contributed by atoms with Crippen molar-refractivity contribution in [2.45, 2.75) is 18.7 Å². The maximum atomic E-state index is 12.6. The Bertz CT molecular complexity index is 1160. The Hall–Kier alpha value is -3.03. The smallest absolute Gasteiger partial charge is 0.262 e. The van der Waals surface area contributed by atoms with Crippen LogP contribution in [-0.4, -0.2) is 20.9 Å². The standard InChI is InChI=1S/C22H21ClN2O4S/c1-15-6-7-19(12-16(15)2)25-30(27,28)21-10-8-20(9-11-21)29-14-22(26)24-18-5-3-4-17(23)13-18/h3-13,25H,14H2,1-2H3,(H,24,26). The second-order valence-electron chi connectivity index (χ2n) is 6.72. The van der Waals surface area contributed by atoms with Crippen molar-refractivity contribution in [2.75, 3.05) is 16.6 Å². The van der Waals surface area contributed by atoms with Gasteiger partial charge in [-0.25, -0.2) is 8.42 Å². The van der Waals surface area contributed by atoms with Crippen LogP contribution in [0.15, 0.2) is 71.6 Å². The zero-order chi connectivity index (χ0) is 21.7. The first-order valence-electron chi connectivity index (χ1n) is 9.11. The maximum absolute atomic E-state index is 12.6. The molecule has 0 radical (unpaired) electrons. The number of anilines is 2. The van der Waals surface area contributed by atoms with E-state index < -0.39 is 10.0 Å². The summed E-state index contributed by atoms with van der Waals surface area (Å²) in [6.07, 6.45) is 0. The number of nitrogens with one attached hydrogen (secondary N) is 2. The van der Waals surface area contributed by atoms with E-state index in [-0.39, 0.29) is 17.4 Å². The zero-order valence-corrected chi connectivity index (χ0v) is 18.0. The quantitative estimate of drug-likeness (QED) is 0.549. The van der Waals surface area contributed by atoms with E-state index in [0.29, 0.717) is 22.1 Å². The van der Waals surface area contributed by atoms with Crippen LogP contribution in [0.25, 0.3) is 0 Å². The van der Waals surface area contributed by atoms with Crippen LogP contribution in [0.2, 0.25) is 5.02 Å². The minimum atomic E-state index is -3.73. The van der Waals surface area contributed by atoms with Gasteiger partial charge in [-0.2, -0.15) is 0 Å². The summed E-state index contributed by atoms with van der Waals surface area (Å²) < 4.78 is 33.1. The van der Waals surface area contributed by atoms with Crippen molar-refractivity contribution < 1.29 is 17.9 Å². The van der Waals surface area contributed by atoms with Crippen molar-refractivity contribution >= 4 is 38.9 Å². The number of rotatable bonds is 7. The molecule has 0 spiro atoms. The van der Waals surface area contributed by atoms with E-state index in [1.54, 1.807) is 36.4 Å². The van der Waals surface area contributed by atoms with Gasteiger partial charge >= 0.3 is 0 Å². The number of hydrogen-bond acceptors (Lipinski definition) is 4. The lowest BCUT2D eigenvalue weighted by Gasteiger charge is -2.11. The van der Waals surface area contributed by atoms with Gasteiger partial charge in [0.05, 0.1) is 4.90 Å². The summed E-state index contributed by atoms with van der Waals surface area (Å²) in [6, 6.07) is 18.0. The molecule has 3 aromatic rings. The number of halogens is 1. The van der Waals surface area contributed by atoms with Gasteiger partial charge in [0, 0.05) is 16.4 Å². The predicted octanol–water partition coefficient (Wildman–Crippen LogP) is 4.78. The lowest BCUT2D eigenvalue weighted by Crippen LogP contribution is -2.20. The Balaban J connectivity index is 1.59. The summed E-state index contributed by atoms with van der Waals surface area (Å²) in [5, 5.41) is 3.18. The number of sulfonamides is 1. The molecular weight excluding hydrogens is 424 g/mol. The van der Waals surface area contributed by atoms with Gasteiger partial charge in [0.2, 0.25) is 0 Å². The highest BCUT2D eigenvalue weighted by Crippen LogP contribution is 2.21. The van der Waals surface area contributed by atoms with Crippen molar-refractivity contribution in [2.24, 2.45) is 0 Å². The summed E-state index contributed by atoms with van der Waals surface area (Å²) in [6.45, 7) is 3.66. The first-order chi connectivity index (χ1) is 14.2. The Morgan fingerprint density at radius 2 is 1.67 bits per heavy atom. The molecule has 0 aliphatic rings. The molecule has 0 saturated carbocycles. The number of amides is 1. The van der Waals surface area contributed by atoms with Crippen molar-refractivity contribution in [1.82, 2.24) is 0 Å². The first-order valence-corrected chi connectivity index (χ1v) is 11.0. The molecule has 0 aliphatic carbocycles. The fourth-order valence-electron chi connectivity index (χ4n) is 2.65. The molecule has 0 heterocycles. The molecular formula is C22H21ClN2O4S. The molecule has 2 N–H and O–H groups in total. The summed E-state index contributed by atoms with van der Waals surface area (Å²) in [7, 11) is -3.73. The molecule has 0 unspecified atom stereocenters. The van der Waals surface area contributed by atoms with Gasteiger partial charge in [-0.15, -0.1) is 0 Å². The third-order valence-corrected chi connectivity index (χ3v) is 6.00. The lowest BCUT2D eigenvalue weighted by molar-refractivity contribution is -0.118. The molecule has 1 amide bonds. The number of carbonyl (C=O) groups excluding carboxylic acids is 1. The molecule has 8 heteroatoms. The lowest BCUT2D eigenvalue weighted by atomic mass is 10.1. The van der Waals surface area contributed by atoms with Gasteiger partial charge in [0.15, 0.2) is 6.61 Å². The topological polar surface area (TPSA) is 84.5 Å². The van der Waals surface area contributed by atoms with Crippen LogP contribution in [0.3, 0.4) is 0 Å². The van der Waals surface area contributed by atoms with Crippen molar-refractivity contribution in [3.8, 4) is 5.75 Å². The summed E-state index contributed by atoms with van der Waals surface area (Å²) in [5.41, 5.74) is 3.14. The maximum Gasteiger partial charge on any atom is 0.262 e. The van der Waals surface area contributed by atoms with Crippen molar-refractivity contribution in [1.29, 1.82) is 0 Å². The summed E-state index contributed by atoms with van der Waals surface area (Å²) in [5.74, 6) is 0.0201. The normalized spacial score (nSPS) is 11.0. The minimum absolute atomic E-state index is 0.0939. The molecule has 156 valence electrons. The largest absolute Gasteiger partial charge is 0.484 e. The molecule has 30 heavy (non-hydrogen) atoms. The predicted molar refractivity (Wildman–Crippen MR) is 119 cm³/mol. The minimum Gasteiger partial charge on any atom is -0.484 e. The molecule has 6 nitrogen and oxygen atoms in total. The molecule has 0 fully saturated rings. The van der Waals surface area contributed by atoms with Gasteiger partial charge in [-0.3, -0.25) is 9.52 Å². The fraction of sp³-hybridized carbons (Fsp3) is 0.136. The molecule has 3 rings (SSSR count). The molecule has 0 aromatic heterocycles. The zero-order valence-electron chi connectivity index (χ0n) is 16.5. The van der Waals surface area contributed by atoms with E-state index >= 15 is 0 Å². The van der Waals surface area contributed by atoms with E-state index in [0.717, 1.165) is 11.1 Å². The van der Waals surface area contributed by atoms with Gasteiger partial charge in [0.25, 0.3) is 15.9 Å². The van der Waals surface area contributed by atoms with E-state index in [4.69, 9.17) is 16.3 Å². The molecule has 0 aliphatic heterocycles. The molecule has 0 saturated heterocycles. The van der Waals surface area contributed by atoms with E-state index in [9.17, 15) is 13.2 Å². The van der Waals surface area contributed by atoms with Crippen molar-refractivity contribution in [3.63, 3.8) is 0 Å². The average Bonchev–Trinajstić information content (AvgIpc) is 2.69. The number of benzene rings is 3. The number of hydrogen-bond donors (Lipinski definition) is 2. The first kappa shape index (κ1) is 21.7. The van der Waals surface area contributed by atoms with Gasteiger partial charge < -0.3 is 10.1 Å². The summed E-state index contributed by atoms with van der Waals surface area (Å²) >= 11 is 5.88. The molecule has 3 aromatic carbocycles. The van der Waals surface area contributed by atoms with E-state index in [1.165, 1.54) is 24.3 Å². The third-order valence-electron chi connectivity index (χ3n) is 4.37. The van der Waals surface area contributed by atoms with Crippen LogP contribution in [-0.2, 0) is 14.8 Å². The van der Waals surface area contributed by atoms with E-state index in [2.05, 4.69) is 10.0 Å². The monoisotopic (exact) mass is 444 g/mol. The highest BCUT2D eigenvalue weighted by Gasteiger charge is 2.15. The second-order valence-corrected chi connectivity index (χ2v) is 8.84. The Kier molecular flexibility index (Phi) is 6.64. The van der Waals surface area contributed by atoms with Crippen LogP contribution in [0.1, 0.15) is 11.1 Å². The number of ether oxygens (including phenoxy) is 1. The number of carbonyl (C=O) groups is 1. The average molecular weight is 445 g/mol. The van der Waals surface area contributed by atoms with Crippen LogP contribution < -0.4 is 14.8 Å². The third kappa shape index (κ3) is 5.75. The molecule has 0 atom stereocenters. The Morgan fingerprint density at radius 1 is 0.933 bits per heavy atom. The number of aryl methyl sites for hydroxylation is 2. The van der Waals surface area contributed by atoms with Crippen molar-refractivity contribution in [3.05, 3.63) is 82.9 Å². The Morgan fingerprint density at radius 3 is 2.33 bits per heavy atom. The SMILES string of the molecule is Cc1ccc(NS(=O)(=O)c2ccc(OCC(=O)Nc3cccc(Cl)c3)cc2)cc1C. The van der Waals surface area contributed by atoms with Gasteiger partial charge in [0.1, 0.15) is 5.75 Å². The highest BCUT2D eigenvalue weighted by atomic mass is 35.5. The van der Waals surface area contributed by atoms with Crippen LogP contribution in [0.5, 0.6) is 5.75 Å². The Labute approximate surface area is 180 Å². The second kappa shape index (κ2) is 9.19. The highest BCUT2D eigenvalue weighted by molar-refractivity contribution is 7.92. The van der Waals surface area contributed by atoms with Crippen LogP contribution in [0.4, 0.5) is 11.4 Å². The van der Waals surface area contributed by atoms with Gasteiger partial charge in [-0.1, -0.05) is 23.7 Å². The fourth-order valence-corrected chi connectivity index (χ4v) is 3.89. The summed E-state index contributed by atoms with van der Waals surface area (Å²) in [4.78, 5) is 12.1. The van der Waals surface area contributed by atoms with Crippen LogP contribution >= 0.6 is 11.6 Å².